The molecule has 0 bridgehead atoms. The van der Waals surface area contributed by atoms with Crippen LogP contribution in [0.4, 0.5) is 0 Å². The number of hydrogen-bond acceptors (Lipinski definition) is 10. The summed E-state index contributed by atoms with van der Waals surface area (Å²) < 4.78 is 5.59. The normalized spacial score (nSPS) is 11.4. The highest BCUT2D eigenvalue weighted by Crippen LogP contribution is 2.45. The molecular formula is C22H16Br2N12S2. The Hall–Kier alpha value is -3.34. The Morgan fingerprint density at radius 1 is 0.658 bits per heavy atom. The summed E-state index contributed by atoms with van der Waals surface area (Å²) in [5.41, 5.74) is 3.27. The maximum absolute atomic E-state index is 4.67. The fourth-order valence-electron chi connectivity index (χ4n) is 3.59. The molecule has 0 radical (unpaired) electrons. The van der Waals surface area contributed by atoms with E-state index < -0.39 is 0 Å². The Balaban J connectivity index is 1.46. The van der Waals surface area contributed by atoms with Crippen molar-refractivity contribution in [2.75, 3.05) is 0 Å². The molecule has 16 heteroatoms. The summed E-state index contributed by atoms with van der Waals surface area (Å²) in [6, 6.07) is 15.8. The molecule has 0 saturated carbocycles. The predicted molar refractivity (Wildman–Crippen MR) is 150 cm³/mol. The van der Waals surface area contributed by atoms with Crippen molar-refractivity contribution in [2.24, 2.45) is 14.1 Å². The second-order valence-electron chi connectivity index (χ2n) is 7.88. The molecule has 0 N–H and O–H groups in total. The van der Waals surface area contributed by atoms with Crippen LogP contribution < -0.4 is 0 Å². The Morgan fingerprint density at radius 2 is 1.11 bits per heavy atom. The van der Waals surface area contributed by atoms with E-state index in [0.717, 1.165) is 41.5 Å². The second-order valence-corrected chi connectivity index (χ2v) is 11.8. The van der Waals surface area contributed by atoms with Crippen LogP contribution in [-0.2, 0) is 14.1 Å². The molecule has 0 atom stereocenters. The first-order valence-corrected chi connectivity index (χ1v) is 14.7. The quantitative estimate of drug-likeness (QED) is 0.220. The maximum atomic E-state index is 4.67. The molecule has 0 saturated heterocycles. The van der Waals surface area contributed by atoms with Gasteiger partial charge in [-0.3, -0.25) is 0 Å². The second kappa shape index (κ2) is 10.4. The average Bonchev–Trinajstić information content (AvgIpc) is 3.69. The van der Waals surface area contributed by atoms with Crippen molar-refractivity contribution in [3.8, 4) is 34.2 Å². The van der Waals surface area contributed by atoms with Gasteiger partial charge in [-0.1, -0.05) is 44.0 Å². The number of rotatable bonds is 7. The standard InChI is InChI=1S/C22H16Br2N12S2/c1-33-29-19(27-31-33)17-11-25-35(15-7-3-5-13(23)9-15)21(17)37-38-22-18(20-28-32-34(2)30-20)12-26-36(22)16-8-4-6-14(24)10-16/h3-12H,1-2H3. The van der Waals surface area contributed by atoms with Crippen molar-refractivity contribution in [1.29, 1.82) is 0 Å². The lowest BCUT2D eigenvalue weighted by molar-refractivity contribution is 0.630. The molecule has 0 amide bonds. The number of aryl methyl sites for hydroxylation is 2. The van der Waals surface area contributed by atoms with Crippen LogP contribution in [0.3, 0.4) is 0 Å². The Morgan fingerprint density at radius 3 is 1.47 bits per heavy atom. The van der Waals surface area contributed by atoms with E-state index in [1.165, 1.54) is 31.2 Å². The number of halogens is 2. The van der Waals surface area contributed by atoms with Crippen molar-refractivity contribution in [1.82, 2.24) is 60.0 Å². The van der Waals surface area contributed by atoms with Crippen molar-refractivity contribution >= 4 is 53.4 Å². The highest BCUT2D eigenvalue weighted by molar-refractivity contribution is 9.10. The number of tetrazole rings is 2. The summed E-state index contributed by atoms with van der Waals surface area (Å²) in [7, 11) is 6.46. The molecule has 12 nitrogen and oxygen atoms in total. The van der Waals surface area contributed by atoms with Gasteiger partial charge in [-0.2, -0.15) is 19.8 Å². The van der Waals surface area contributed by atoms with Crippen LogP contribution in [-0.4, -0.2) is 60.0 Å². The van der Waals surface area contributed by atoms with Crippen molar-refractivity contribution in [3.05, 3.63) is 69.9 Å². The van der Waals surface area contributed by atoms with Gasteiger partial charge in [-0.25, -0.2) is 9.36 Å². The third kappa shape index (κ3) is 4.91. The van der Waals surface area contributed by atoms with E-state index in [0.29, 0.717) is 11.6 Å². The van der Waals surface area contributed by atoms with Gasteiger partial charge >= 0.3 is 0 Å². The minimum atomic E-state index is 0.480. The van der Waals surface area contributed by atoms with Gasteiger partial charge in [0.15, 0.2) is 0 Å². The monoisotopic (exact) mass is 670 g/mol. The number of nitrogens with zero attached hydrogens (tertiary/aromatic N) is 12. The molecule has 0 aliphatic carbocycles. The lowest BCUT2D eigenvalue weighted by atomic mass is 10.3. The summed E-state index contributed by atoms with van der Waals surface area (Å²) >= 11 is 7.12. The van der Waals surface area contributed by atoms with Crippen LogP contribution in [0.2, 0.25) is 0 Å². The van der Waals surface area contributed by atoms with E-state index in [9.17, 15) is 0 Å². The smallest absolute Gasteiger partial charge is 0.209 e. The van der Waals surface area contributed by atoms with Gasteiger partial charge in [0, 0.05) is 8.95 Å². The van der Waals surface area contributed by atoms with Crippen molar-refractivity contribution < 1.29 is 0 Å². The molecule has 4 heterocycles. The van der Waals surface area contributed by atoms with E-state index in [1.807, 2.05) is 57.9 Å². The first kappa shape index (κ1) is 25.0. The van der Waals surface area contributed by atoms with Gasteiger partial charge in [0.1, 0.15) is 10.1 Å². The molecule has 6 aromatic rings. The predicted octanol–water partition coefficient (Wildman–Crippen LogP) is 4.76. The molecule has 0 unspecified atom stereocenters. The Labute approximate surface area is 240 Å². The minimum absolute atomic E-state index is 0.480. The van der Waals surface area contributed by atoms with Crippen LogP contribution in [0.25, 0.3) is 34.2 Å². The number of benzene rings is 2. The largest absolute Gasteiger partial charge is 0.226 e. The van der Waals surface area contributed by atoms with E-state index in [2.05, 4.69) is 72.9 Å². The van der Waals surface area contributed by atoms with E-state index >= 15 is 0 Å². The highest BCUT2D eigenvalue weighted by Gasteiger charge is 2.23. The summed E-state index contributed by atoms with van der Waals surface area (Å²) in [6.45, 7) is 0. The van der Waals surface area contributed by atoms with Crippen molar-refractivity contribution in [2.45, 2.75) is 10.1 Å². The van der Waals surface area contributed by atoms with Crippen LogP contribution >= 0.6 is 53.4 Å². The number of aromatic nitrogens is 12. The maximum Gasteiger partial charge on any atom is 0.209 e. The molecule has 0 fully saturated rings. The lowest BCUT2D eigenvalue weighted by Crippen LogP contribution is -2.00. The number of hydrogen-bond donors (Lipinski definition) is 0. The molecule has 6 rings (SSSR count). The lowest BCUT2D eigenvalue weighted by Gasteiger charge is -2.11. The van der Waals surface area contributed by atoms with Crippen LogP contribution in [0.5, 0.6) is 0 Å². The van der Waals surface area contributed by atoms with Crippen molar-refractivity contribution in [3.63, 3.8) is 0 Å². The van der Waals surface area contributed by atoms with Gasteiger partial charge < -0.3 is 0 Å². The molecule has 190 valence electrons. The van der Waals surface area contributed by atoms with Gasteiger partial charge in [-0.05, 0) is 68.4 Å². The summed E-state index contributed by atoms with van der Waals surface area (Å²) in [4.78, 5) is 2.85. The molecule has 0 aliphatic rings. The third-order valence-electron chi connectivity index (χ3n) is 5.25. The minimum Gasteiger partial charge on any atom is -0.226 e. The molecule has 38 heavy (non-hydrogen) atoms. The Bertz CT molecular complexity index is 1630. The summed E-state index contributed by atoms with van der Waals surface area (Å²) in [6.07, 6.45) is 3.50. The van der Waals surface area contributed by atoms with Gasteiger partial charge in [0.05, 0.1) is 49.0 Å². The summed E-state index contributed by atoms with van der Waals surface area (Å²) in [5, 5.41) is 36.3. The van der Waals surface area contributed by atoms with E-state index in [-0.39, 0.29) is 0 Å². The third-order valence-corrected chi connectivity index (χ3v) is 8.62. The zero-order valence-corrected chi connectivity index (χ0v) is 24.5. The van der Waals surface area contributed by atoms with Gasteiger partial charge in [0.2, 0.25) is 11.6 Å². The van der Waals surface area contributed by atoms with Crippen LogP contribution in [0.15, 0.2) is 79.9 Å². The first-order valence-electron chi connectivity index (χ1n) is 11.0. The highest BCUT2D eigenvalue weighted by atomic mass is 79.9. The zero-order chi connectivity index (χ0) is 26.2. The molecule has 0 spiro atoms. The molecule has 4 aromatic heterocycles. The molecular weight excluding hydrogens is 656 g/mol. The first-order chi connectivity index (χ1) is 18.5. The molecule has 2 aromatic carbocycles. The van der Waals surface area contributed by atoms with Crippen LogP contribution in [0.1, 0.15) is 0 Å². The van der Waals surface area contributed by atoms with Crippen LogP contribution in [0, 0.1) is 0 Å². The van der Waals surface area contributed by atoms with Gasteiger partial charge in [0.25, 0.3) is 0 Å². The fraction of sp³-hybridized carbons (Fsp3) is 0.0909. The average molecular weight is 672 g/mol. The molecule has 0 aliphatic heterocycles. The Kier molecular flexibility index (Phi) is 6.86. The van der Waals surface area contributed by atoms with E-state index in [1.54, 1.807) is 26.5 Å². The van der Waals surface area contributed by atoms with E-state index in [4.69, 9.17) is 0 Å². The fourth-order valence-corrected chi connectivity index (χ4v) is 6.87. The summed E-state index contributed by atoms with van der Waals surface area (Å²) in [5.74, 6) is 0.960. The topological polar surface area (TPSA) is 123 Å². The zero-order valence-electron chi connectivity index (χ0n) is 19.7. The SMILES string of the molecule is Cn1nnc(-c2cnn(-c3cccc(Br)c3)c2SSc2c(-c3nnn(C)n3)cnn2-c2cccc(Br)c2)n1. The van der Waals surface area contributed by atoms with Gasteiger partial charge in [-0.15, -0.1) is 20.4 Å².